The summed E-state index contributed by atoms with van der Waals surface area (Å²) < 4.78 is 29.3. The summed E-state index contributed by atoms with van der Waals surface area (Å²) in [5, 5.41) is 0.0149. The molecule has 21 heavy (non-hydrogen) atoms. The first-order valence-corrected chi connectivity index (χ1v) is 9.59. The number of hydrogen-bond acceptors (Lipinski definition) is 4. The summed E-state index contributed by atoms with van der Waals surface area (Å²) in [6.07, 6.45) is 0.650. The molecule has 1 atom stereocenters. The van der Waals surface area contributed by atoms with Gasteiger partial charge in [0.1, 0.15) is 0 Å². The molecule has 0 saturated carbocycles. The molecule has 114 valence electrons. The number of carbonyl (C=O) groups is 1. The van der Waals surface area contributed by atoms with Gasteiger partial charge in [-0.05, 0) is 37.6 Å². The van der Waals surface area contributed by atoms with Crippen molar-refractivity contribution in [2.45, 2.75) is 30.4 Å². The van der Waals surface area contributed by atoms with Gasteiger partial charge in [0.05, 0.1) is 10.1 Å². The van der Waals surface area contributed by atoms with Crippen molar-refractivity contribution in [3.05, 3.63) is 28.7 Å². The summed E-state index contributed by atoms with van der Waals surface area (Å²) in [6, 6.07) is 6.26. The van der Waals surface area contributed by atoms with Crippen LogP contribution in [0.3, 0.4) is 0 Å². The Morgan fingerprint density at radius 2 is 1.90 bits per heavy atom. The van der Waals surface area contributed by atoms with Crippen LogP contribution in [0.5, 0.6) is 0 Å². The van der Waals surface area contributed by atoms with E-state index in [2.05, 4.69) is 20.3 Å². The number of halogens is 1. The first-order valence-electron chi connectivity index (χ1n) is 6.47. The van der Waals surface area contributed by atoms with Crippen LogP contribution in [0.15, 0.2) is 38.0 Å². The molecule has 0 aliphatic carbocycles. The Bertz CT molecular complexity index is 671. The van der Waals surface area contributed by atoms with Gasteiger partial charge in [-0.25, -0.2) is 0 Å². The number of sulfonamides is 1. The van der Waals surface area contributed by atoms with Gasteiger partial charge in [0.25, 0.3) is 10.0 Å². The highest BCUT2D eigenvalue weighted by atomic mass is 79.9. The smallest absolute Gasteiger partial charge is 0.284 e. The van der Waals surface area contributed by atoms with Crippen LogP contribution in [0, 0.1) is 0 Å². The molecule has 5 nitrogen and oxygen atoms in total. The molecule has 8 heteroatoms. The highest BCUT2D eigenvalue weighted by Gasteiger charge is 2.37. The third-order valence-electron chi connectivity index (χ3n) is 3.02. The molecule has 1 aromatic rings. The van der Waals surface area contributed by atoms with Crippen LogP contribution >= 0.6 is 27.7 Å². The second kappa shape index (κ2) is 6.50. The topological polar surface area (TPSA) is 66.8 Å². The van der Waals surface area contributed by atoms with Crippen LogP contribution in [0.25, 0.3) is 0 Å². The van der Waals surface area contributed by atoms with E-state index < -0.39 is 10.0 Å². The van der Waals surface area contributed by atoms with Gasteiger partial charge in [-0.3, -0.25) is 9.69 Å². The number of rotatable bonds is 4. The number of nitrogens with zero attached hydrogens (tertiary/aromatic N) is 2. The second-order valence-corrected chi connectivity index (χ2v) is 8.09. The van der Waals surface area contributed by atoms with Crippen molar-refractivity contribution in [1.82, 2.24) is 4.90 Å². The molecule has 1 aromatic carbocycles. The van der Waals surface area contributed by atoms with Crippen molar-refractivity contribution in [3.63, 3.8) is 0 Å². The van der Waals surface area contributed by atoms with E-state index in [0.717, 1.165) is 4.47 Å². The van der Waals surface area contributed by atoms with Gasteiger partial charge in [-0.1, -0.05) is 34.6 Å². The molecule has 0 aromatic heterocycles. The summed E-state index contributed by atoms with van der Waals surface area (Å²) >= 11 is 4.47. The van der Waals surface area contributed by atoms with Gasteiger partial charge < -0.3 is 0 Å². The zero-order valence-corrected chi connectivity index (χ0v) is 14.8. The Kier molecular flexibility index (Phi) is 5.11. The van der Waals surface area contributed by atoms with Crippen LogP contribution in [0.1, 0.15) is 20.3 Å². The Balaban J connectivity index is 2.37. The minimum atomic E-state index is -3.81. The lowest BCUT2D eigenvalue weighted by atomic mass is 10.3. The third-order valence-corrected chi connectivity index (χ3v) is 6.28. The van der Waals surface area contributed by atoms with Gasteiger partial charge >= 0.3 is 0 Å². The van der Waals surface area contributed by atoms with Gasteiger partial charge in [0.15, 0.2) is 5.17 Å². The summed E-state index contributed by atoms with van der Waals surface area (Å²) in [5.41, 5.74) is 0. The molecule has 0 bridgehead atoms. The zero-order valence-electron chi connectivity index (χ0n) is 11.6. The molecular weight excluding hydrogens is 376 g/mol. The van der Waals surface area contributed by atoms with Crippen LogP contribution in [-0.2, 0) is 14.8 Å². The van der Waals surface area contributed by atoms with Crippen LogP contribution < -0.4 is 0 Å². The average Bonchev–Trinajstić information content (AvgIpc) is 2.74. The maximum atomic E-state index is 12.3. The van der Waals surface area contributed by atoms with Gasteiger partial charge in [0.2, 0.25) is 5.91 Å². The molecule has 0 radical (unpaired) electrons. The lowest BCUT2D eigenvalue weighted by Crippen LogP contribution is -2.32. The fourth-order valence-electron chi connectivity index (χ4n) is 1.89. The predicted octanol–water partition coefficient (Wildman–Crippen LogP) is 2.87. The van der Waals surface area contributed by atoms with Gasteiger partial charge in [0, 0.05) is 11.0 Å². The third kappa shape index (κ3) is 3.49. The highest BCUT2D eigenvalue weighted by Crippen LogP contribution is 2.30. The van der Waals surface area contributed by atoms with Crippen LogP contribution in [0.4, 0.5) is 0 Å². The molecule has 1 unspecified atom stereocenters. The molecule has 1 aliphatic rings. The molecular formula is C13H15BrN2O3S2. The van der Waals surface area contributed by atoms with Gasteiger partial charge in [-0.15, -0.1) is 4.40 Å². The number of amidine groups is 1. The molecule has 1 aliphatic heterocycles. The van der Waals surface area contributed by atoms with E-state index in [9.17, 15) is 13.2 Å². The minimum absolute atomic E-state index is 0.0743. The molecule has 1 amide bonds. The lowest BCUT2D eigenvalue weighted by Gasteiger charge is -2.12. The van der Waals surface area contributed by atoms with E-state index in [-0.39, 0.29) is 21.2 Å². The van der Waals surface area contributed by atoms with E-state index in [1.807, 2.05) is 6.92 Å². The maximum Gasteiger partial charge on any atom is 0.284 e. The second-order valence-electron chi connectivity index (χ2n) is 4.40. The van der Waals surface area contributed by atoms with Crippen molar-refractivity contribution in [3.8, 4) is 0 Å². The van der Waals surface area contributed by atoms with Gasteiger partial charge in [-0.2, -0.15) is 8.42 Å². The highest BCUT2D eigenvalue weighted by molar-refractivity contribution is 9.10. The first kappa shape index (κ1) is 16.5. The van der Waals surface area contributed by atoms with Crippen molar-refractivity contribution in [1.29, 1.82) is 0 Å². The number of benzene rings is 1. The largest absolute Gasteiger partial charge is 0.290 e. The summed E-state index contributed by atoms with van der Waals surface area (Å²) in [4.78, 5) is 13.6. The SMILES string of the molecule is CCC1SC(=NS(=O)(=O)c2ccc(Br)cc2)N(CC)C1=O. The Morgan fingerprint density at radius 3 is 2.43 bits per heavy atom. The van der Waals surface area contributed by atoms with E-state index >= 15 is 0 Å². The van der Waals surface area contributed by atoms with E-state index in [1.165, 1.54) is 28.8 Å². The van der Waals surface area contributed by atoms with E-state index in [1.54, 1.807) is 19.1 Å². The fourth-order valence-corrected chi connectivity index (χ4v) is 4.51. The number of amides is 1. The summed E-state index contributed by atoms with van der Waals surface area (Å²) in [5.74, 6) is -0.0743. The lowest BCUT2D eigenvalue weighted by molar-refractivity contribution is -0.126. The number of thioether (sulfide) groups is 1. The zero-order chi connectivity index (χ0) is 15.6. The molecule has 1 heterocycles. The maximum absolute atomic E-state index is 12.3. The summed E-state index contributed by atoms with van der Waals surface area (Å²) in [6.45, 7) is 4.12. The molecule has 0 spiro atoms. The Hall–Kier alpha value is -0.860. The van der Waals surface area contributed by atoms with Crippen LogP contribution in [-0.4, -0.2) is 36.2 Å². The Morgan fingerprint density at radius 1 is 1.29 bits per heavy atom. The van der Waals surface area contributed by atoms with Crippen LogP contribution in [0.2, 0.25) is 0 Å². The fraction of sp³-hybridized carbons (Fsp3) is 0.385. The average molecular weight is 391 g/mol. The molecule has 0 N–H and O–H groups in total. The quantitative estimate of drug-likeness (QED) is 0.792. The van der Waals surface area contributed by atoms with Crippen molar-refractivity contribution >= 4 is 48.8 Å². The molecule has 1 saturated heterocycles. The van der Waals surface area contributed by atoms with Crippen molar-refractivity contribution in [2.24, 2.45) is 4.40 Å². The Labute approximate surface area is 137 Å². The van der Waals surface area contributed by atoms with E-state index in [0.29, 0.717) is 13.0 Å². The molecule has 2 rings (SSSR count). The number of hydrogen-bond donors (Lipinski definition) is 0. The standard InChI is InChI=1S/C13H15BrN2O3S2/c1-3-11-12(17)16(4-2)13(20-11)15-21(18,19)10-7-5-9(14)6-8-10/h5-8,11H,3-4H2,1-2H3. The predicted molar refractivity (Wildman–Crippen MR) is 87.8 cm³/mol. The molecule has 1 fully saturated rings. The minimum Gasteiger partial charge on any atom is -0.290 e. The van der Waals surface area contributed by atoms with E-state index in [4.69, 9.17) is 0 Å². The number of carbonyl (C=O) groups excluding carboxylic acids is 1. The van der Waals surface area contributed by atoms with Crippen molar-refractivity contribution < 1.29 is 13.2 Å². The normalized spacial score (nSPS) is 21.3. The summed E-state index contributed by atoms with van der Waals surface area (Å²) in [7, 11) is -3.81. The monoisotopic (exact) mass is 390 g/mol. The first-order chi connectivity index (χ1) is 9.89. The van der Waals surface area contributed by atoms with Crippen molar-refractivity contribution in [2.75, 3.05) is 6.54 Å².